The van der Waals surface area contributed by atoms with E-state index in [9.17, 15) is 4.79 Å². The molecule has 6 heteroatoms. The number of halogens is 3. The van der Waals surface area contributed by atoms with E-state index in [1.54, 1.807) is 24.3 Å². The number of nitrogens with one attached hydrogen (secondary N) is 1. The van der Waals surface area contributed by atoms with E-state index in [-0.39, 0.29) is 6.04 Å². The highest BCUT2D eigenvalue weighted by Crippen LogP contribution is 2.33. The Morgan fingerprint density at radius 3 is 2.52 bits per heavy atom. The van der Waals surface area contributed by atoms with Crippen LogP contribution in [0.25, 0.3) is 0 Å². The van der Waals surface area contributed by atoms with Crippen molar-refractivity contribution in [2.24, 2.45) is 5.73 Å². The number of anilines is 1. The van der Waals surface area contributed by atoms with Crippen LogP contribution in [-0.2, 0) is 0 Å². The Morgan fingerprint density at radius 1 is 1.14 bits per heavy atom. The zero-order chi connectivity index (χ0) is 15.6. The lowest BCUT2D eigenvalue weighted by molar-refractivity contribution is 0.100. The standard InChI is InChI=1S/C15H13Cl3N2O/c1-8(10-3-2-4-12(17)14(10)18)20-13-7-9(15(19)21)5-6-11(13)16/h2-8,20H,1H3,(H2,19,21). The Kier molecular flexibility index (Phi) is 4.99. The number of amides is 1. The molecule has 3 nitrogen and oxygen atoms in total. The molecule has 2 rings (SSSR count). The highest BCUT2D eigenvalue weighted by Gasteiger charge is 2.14. The molecule has 110 valence electrons. The maximum Gasteiger partial charge on any atom is 0.248 e. The van der Waals surface area contributed by atoms with E-state index in [4.69, 9.17) is 40.5 Å². The molecule has 1 unspecified atom stereocenters. The number of hydrogen-bond donors (Lipinski definition) is 2. The quantitative estimate of drug-likeness (QED) is 0.828. The first-order valence-electron chi connectivity index (χ1n) is 6.20. The average Bonchev–Trinajstić information content (AvgIpc) is 2.43. The number of primary amides is 1. The molecular formula is C15H13Cl3N2O. The second kappa shape index (κ2) is 6.56. The molecule has 3 N–H and O–H groups in total. The summed E-state index contributed by atoms with van der Waals surface area (Å²) in [6.07, 6.45) is 0. The second-order valence-electron chi connectivity index (χ2n) is 4.57. The molecule has 2 aromatic rings. The largest absolute Gasteiger partial charge is 0.377 e. The number of carbonyl (C=O) groups is 1. The molecule has 0 heterocycles. The molecule has 0 saturated carbocycles. The van der Waals surface area contributed by atoms with Gasteiger partial charge in [0, 0.05) is 5.56 Å². The fourth-order valence-electron chi connectivity index (χ4n) is 1.96. The van der Waals surface area contributed by atoms with Gasteiger partial charge in [-0.25, -0.2) is 0 Å². The van der Waals surface area contributed by atoms with Crippen molar-refractivity contribution in [3.8, 4) is 0 Å². The van der Waals surface area contributed by atoms with E-state index in [0.717, 1.165) is 5.56 Å². The minimum atomic E-state index is -0.511. The third-order valence-electron chi connectivity index (χ3n) is 3.07. The molecule has 21 heavy (non-hydrogen) atoms. The van der Waals surface area contributed by atoms with Crippen LogP contribution in [0.1, 0.15) is 28.9 Å². The predicted molar refractivity (Wildman–Crippen MR) is 88.5 cm³/mol. The maximum atomic E-state index is 11.2. The SMILES string of the molecule is CC(Nc1cc(C(N)=O)ccc1Cl)c1cccc(Cl)c1Cl. The summed E-state index contributed by atoms with van der Waals surface area (Å²) in [5.41, 5.74) is 7.10. The third-order valence-corrected chi connectivity index (χ3v) is 4.23. The number of benzene rings is 2. The molecule has 2 aromatic carbocycles. The van der Waals surface area contributed by atoms with E-state index in [1.165, 1.54) is 0 Å². The van der Waals surface area contributed by atoms with Gasteiger partial charge in [0.25, 0.3) is 0 Å². The summed E-state index contributed by atoms with van der Waals surface area (Å²) in [7, 11) is 0. The van der Waals surface area contributed by atoms with Gasteiger partial charge in [0.15, 0.2) is 0 Å². The molecule has 0 radical (unpaired) electrons. The molecule has 1 amide bonds. The van der Waals surface area contributed by atoms with E-state index >= 15 is 0 Å². The first kappa shape index (κ1) is 16.0. The highest BCUT2D eigenvalue weighted by atomic mass is 35.5. The van der Waals surface area contributed by atoms with Crippen molar-refractivity contribution in [1.82, 2.24) is 0 Å². The molecule has 0 spiro atoms. The third kappa shape index (κ3) is 3.62. The van der Waals surface area contributed by atoms with Crippen LogP contribution in [0.15, 0.2) is 36.4 Å². The Labute approximate surface area is 138 Å². The summed E-state index contributed by atoms with van der Waals surface area (Å²) < 4.78 is 0. The van der Waals surface area contributed by atoms with Gasteiger partial charge in [-0.1, -0.05) is 46.9 Å². The van der Waals surface area contributed by atoms with Crippen LogP contribution in [0, 0.1) is 0 Å². The van der Waals surface area contributed by atoms with Gasteiger partial charge >= 0.3 is 0 Å². The van der Waals surface area contributed by atoms with E-state index in [0.29, 0.717) is 26.3 Å². The summed E-state index contributed by atoms with van der Waals surface area (Å²) in [4.78, 5) is 11.2. The molecular weight excluding hydrogens is 331 g/mol. The van der Waals surface area contributed by atoms with Crippen LogP contribution in [0.2, 0.25) is 15.1 Å². The van der Waals surface area contributed by atoms with Crippen molar-refractivity contribution in [2.75, 3.05) is 5.32 Å². The second-order valence-corrected chi connectivity index (χ2v) is 5.76. The van der Waals surface area contributed by atoms with Gasteiger partial charge in [-0.15, -0.1) is 0 Å². The van der Waals surface area contributed by atoms with Crippen LogP contribution < -0.4 is 11.1 Å². The summed E-state index contributed by atoms with van der Waals surface area (Å²) in [5.74, 6) is -0.511. The molecule has 0 fully saturated rings. The molecule has 0 aromatic heterocycles. The molecule has 1 atom stereocenters. The van der Waals surface area contributed by atoms with Gasteiger partial charge in [-0.05, 0) is 36.8 Å². The monoisotopic (exact) mass is 342 g/mol. The average molecular weight is 344 g/mol. The van der Waals surface area contributed by atoms with Gasteiger partial charge in [-0.2, -0.15) is 0 Å². The van der Waals surface area contributed by atoms with Gasteiger partial charge < -0.3 is 11.1 Å². The lowest BCUT2D eigenvalue weighted by Crippen LogP contribution is -2.12. The first-order valence-corrected chi connectivity index (χ1v) is 7.33. The van der Waals surface area contributed by atoms with Crippen molar-refractivity contribution in [1.29, 1.82) is 0 Å². The Hall–Kier alpha value is -1.42. The minimum Gasteiger partial charge on any atom is -0.377 e. The van der Waals surface area contributed by atoms with Crippen LogP contribution >= 0.6 is 34.8 Å². The van der Waals surface area contributed by atoms with Gasteiger partial charge in [0.2, 0.25) is 5.91 Å². The number of carbonyl (C=O) groups excluding carboxylic acids is 1. The lowest BCUT2D eigenvalue weighted by atomic mass is 10.1. The van der Waals surface area contributed by atoms with Crippen LogP contribution in [0.5, 0.6) is 0 Å². The first-order chi connectivity index (χ1) is 9.90. The lowest BCUT2D eigenvalue weighted by Gasteiger charge is -2.19. The van der Waals surface area contributed by atoms with E-state index < -0.39 is 5.91 Å². The van der Waals surface area contributed by atoms with Crippen molar-refractivity contribution >= 4 is 46.4 Å². The fraction of sp³-hybridized carbons (Fsp3) is 0.133. The smallest absolute Gasteiger partial charge is 0.248 e. The van der Waals surface area contributed by atoms with Crippen molar-refractivity contribution in [3.63, 3.8) is 0 Å². The minimum absolute atomic E-state index is 0.142. The normalized spacial score (nSPS) is 12.0. The molecule has 0 aliphatic rings. The van der Waals surface area contributed by atoms with E-state index in [2.05, 4.69) is 5.32 Å². The Balaban J connectivity index is 2.31. The highest BCUT2D eigenvalue weighted by molar-refractivity contribution is 6.42. The summed E-state index contributed by atoms with van der Waals surface area (Å²) in [5, 5.41) is 4.67. The zero-order valence-electron chi connectivity index (χ0n) is 11.2. The van der Waals surface area contributed by atoms with Gasteiger partial charge in [0.1, 0.15) is 0 Å². The number of rotatable bonds is 4. The summed E-state index contributed by atoms with van der Waals surface area (Å²) in [6.45, 7) is 1.92. The van der Waals surface area contributed by atoms with Crippen LogP contribution in [0.4, 0.5) is 5.69 Å². The zero-order valence-corrected chi connectivity index (χ0v) is 13.4. The molecule has 0 saturated heterocycles. The van der Waals surface area contributed by atoms with E-state index in [1.807, 2.05) is 19.1 Å². The Morgan fingerprint density at radius 2 is 1.86 bits per heavy atom. The topological polar surface area (TPSA) is 55.1 Å². The predicted octanol–water partition coefficient (Wildman–Crippen LogP) is 4.92. The molecule has 0 aliphatic heterocycles. The van der Waals surface area contributed by atoms with Gasteiger partial charge in [0.05, 0.1) is 26.8 Å². The number of nitrogens with two attached hydrogens (primary N) is 1. The number of hydrogen-bond acceptors (Lipinski definition) is 2. The van der Waals surface area contributed by atoms with Crippen molar-refractivity contribution in [3.05, 3.63) is 62.6 Å². The fourth-order valence-corrected chi connectivity index (χ4v) is 2.60. The summed E-state index contributed by atoms with van der Waals surface area (Å²) in [6, 6.07) is 10.1. The van der Waals surface area contributed by atoms with Crippen LogP contribution in [0.3, 0.4) is 0 Å². The van der Waals surface area contributed by atoms with Crippen LogP contribution in [-0.4, -0.2) is 5.91 Å². The summed E-state index contributed by atoms with van der Waals surface area (Å²) >= 11 is 18.3. The Bertz CT molecular complexity index is 689. The molecule has 0 bridgehead atoms. The van der Waals surface area contributed by atoms with Crippen molar-refractivity contribution < 1.29 is 4.79 Å². The maximum absolute atomic E-state index is 11.2. The molecule has 0 aliphatic carbocycles. The van der Waals surface area contributed by atoms with Gasteiger partial charge in [-0.3, -0.25) is 4.79 Å². The van der Waals surface area contributed by atoms with Crippen molar-refractivity contribution in [2.45, 2.75) is 13.0 Å².